The minimum Gasteiger partial charge on any atom is -0.350 e. The number of sulfonamides is 1. The molecule has 0 radical (unpaired) electrons. The van der Waals surface area contributed by atoms with Crippen LogP contribution in [0.1, 0.15) is 56.3 Å². The fraction of sp³-hybridized carbons (Fsp3) is 0.533. The summed E-state index contributed by atoms with van der Waals surface area (Å²) in [4.78, 5) is 12.0. The maximum atomic E-state index is 12.1. The SMILES string of the molecule is CCCCCCC(C)NC(=O)c1cccc(S(N)(=O)=O)c1. The van der Waals surface area contributed by atoms with Gasteiger partial charge in [-0.15, -0.1) is 0 Å². The van der Waals surface area contributed by atoms with Crippen molar-refractivity contribution in [3.8, 4) is 0 Å². The number of hydrogen-bond donors (Lipinski definition) is 2. The Balaban J connectivity index is 2.59. The van der Waals surface area contributed by atoms with Crippen molar-refractivity contribution in [3.63, 3.8) is 0 Å². The van der Waals surface area contributed by atoms with Gasteiger partial charge in [0.1, 0.15) is 0 Å². The lowest BCUT2D eigenvalue weighted by Gasteiger charge is -2.14. The Kier molecular flexibility index (Phi) is 6.84. The number of unbranched alkanes of at least 4 members (excludes halogenated alkanes) is 3. The second-order valence-electron chi connectivity index (χ2n) is 5.30. The van der Waals surface area contributed by atoms with Crippen molar-refractivity contribution in [3.05, 3.63) is 29.8 Å². The first-order chi connectivity index (χ1) is 9.84. The largest absolute Gasteiger partial charge is 0.350 e. The zero-order valence-corrected chi connectivity index (χ0v) is 13.4. The summed E-state index contributed by atoms with van der Waals surface area (Å²) in [5, 5.41) is 7.94. The molecule has 0 spiro atoms. The topological polar surface area (TPSA) is 89.3 Å². The van der Waals surface area contributed by atoms with Crippen LogP contribution < -0.4 is 10.5 Å². The highest BCUT2D eigenvalue weighted by molar-refractivity contribution is 7.89. The van der Waals surface area contributed by atoms with Crippen molar-refractivity contribution < 1.29 is 13.2 Å². The molecule has 0 aliphatic rings. The van der Waals surface area contributed by atoms with E-state index in [-0.39, 0.29) is 16.8 Å². The van der Waals surface area contributed by atoms with Crippen LogP contribution in [-0.2, 0) is 10.0 Å². The van der Waals surface area contributed by atoms with Gasteiger partial charge in [-0.25, -0.2) is 13.6 Å². The maximum Gasteiger partial charge on any atom is 0.251 e. The van der Waals surface area contributed by atoms with E-state index < -0.39 is 10.0 Å². The summed E-state index contributed by atoms with van der Waals surface area (Å²) in [6, 6.07) is 5.83. The number of benzene rings is 1. The molecule has 0 aliphatic carbocycles. The van der Waals surface area contributed by atoms with Crippen molar-refractivity contribution >= 4 is 15.9 Å². The standard InChI is InChI=1S/C15H24N2O3S/c1-3-4-5-6-8-12(2)17-15(18)13-9-7-10-14(11-13)21(16,19)20/h7,9-12H,3-6,8H2,1-2H3,(H,17,18)(H2,16,19,20). The average molecular weight is 312 g/mol. The van der Waals surface area contributed by atoms with Gasteiger partial charge >= 0.3 is 0 Å². The lowest BCUT2D eigenvalue weighted by molar-refractivity contribution is 0.0937. The Morgan fingerprint density at radius 1 is 1.29 bits per heavy atom. The smallest absolute Gasteiger partial charge is 0.251 e. The normalized spacial score (nSPS) is 12.9. The average Bonchev–Trinajstić information content (AvgIpc) is 2.43. The van der Waals surface area contributed by atoms with Crippen molar-refractivity contribution in [2.75, 3.05) is 0 Å². The Morgan fingerprint density at radius 3 is 2.62 bits per heavy atom. The molecule has 0 aromatic heterocycles. The van der Waals surface area contributed by atoms with Gasteiger partial charge in [-0.1, -0.05) is 38.7 Å². The highest BCUT2D eigenvalue weighted by Crippen LogP contribution is 2.11. The minimum absolute atomic E-state index is 0.0502. The van der Waals surface area contributed by atoms with Gasteiger partial charge in [0.15, 0.2) is 0 Å². The van der Waals surface area contributed by atoms with Crippen LogP contribution in [0.25, 0.3) is 0 Å². The minimum atomic E-state index is -3.79. The van der Waals surface area contributed by atoms with Crippen molar-refractivity contribution in [2.24, 2.45) is 5.14 Å². The van der Waals surface area contributed by atoms with Crippen molar-refractivity contribution in [1.82, 2.24) is 5.32 Å². The molecule has 0 aliphatic heterocycles. The summed E-state index contributed by atoms with van der Waals surface area (Å²) in [6.45, 7) is 4.11. The summed E-state index contributed by atoms with van der Waals surface area (Å²) in [5.74, 6) is -0.275. The van der Waals surface area contributed by atoms with Crippen LogP contribution in [-0.4, -0.2) is 20.4 Å². The Bertz CT molecular complexity index is 570. The van der Waals surface area contributed by atoms with Crippen LogP contribution in [0, 0.1) is 0 Å². The number of carbonyl (C=O) groups is 1. The highest BCUT2D eigenvalue weighted by Gasteiger charge is 2.13. The van der Waals surface area contributed by atoms with Crippen LogP contribution in [0.2, 0.25) is 0 Å². The fourth-order valence-electron chi connectivity index (χ4n) is 2.07. The van der Waals surface area contributed by atoms with Crippen LogP contribution in [0.5, 0.6) is 0 Å². The van der Waals surface area contributed by atoms with Gasteiger partial charge in [0.25, 0.3) is 5.91 Å². The molecule has 1 aromatic carbocycles. The van der Waals surface area contributed by atoms with Gasteiger partial charge in [-0.05, 0) is 31.5 Å². The fourth-order valence-corrected chi connectivity index (χ4v) is 2.63. The number of hydrogen-bond acceptors (Lipinski definition) is 3. The zero-order chi connectivity index (χ0) is 15.9. The van der Waals surface area contributed by atoms with E-state index >= 15 is 0 Å². The highest BCUT2D eigenvalue weighted by atomic mass is 32.2. The lowest BCUT2D eigenvalue weighted by atomic mass is 10.1. The number of nitrogens with two attached hydrogens (primary N) is 1. The van der Waals surface area contributed by atoms with E-state index in [4.69, 9.17) is 5.14 Å². The zero-order valence-electron chi connectivity index (χ0n) is 12.6. The monoisotopic (exact) mass is 312 g/mol. The Hall–Kier alpha value is -1.40. The molecule has 1 rings (SSSR count). The second-order valence-corrected chi connectivity index (χ2v) is 6.86. The molecule has 5 nitrogen and oxygen atoms in total. The van der Waals surface area contributed by atoms with Gasteiger partial charge in [-0.3, -0.25) is 4.79 Å². The molecule has 1 aromatic rings. The first-order valence-electron chi connectivity index (χ1n) is 7.28. The predicted octanol–water partition coefficient (Wildman–Crippen LogP) is 2.42. The molecule has 21 heavy (non-hydrogen) atoms. The molecule has 118 valence electrons. The molecule has 0 saturated carbocycles. The van der Waals surface area contributed by atoms with Crippen LogP contribution >= 0.6 is 0 Å². The quantitative estimate of drug-likeness (QED) is 0.722. The van der Waals surface area contributed by atoms with Crippen LogP contribution in [0.3, 0.4) is 0 Å². The molecular weight excluding hydrogens is 288 g/mol. The van der Waals surface area contributed by atoms with E-state index in [2.05, 4.69) is 12.2 Å². The number of nitrogens with one attached hydrogen (secondary N) is 1. The van der Waals surface area contributed by atoms with Gasteiger partial charge in [-0.2, -0.15) is 0 Å². The molecule has 6 heteroatoms. The third kappa shape index (κ3) is 6.27. The maximum absolute atomic E-state index is 12.1. The number of primary sulfonamides is 1. The van der Waals surface area contributed by atoms with Crippen LogP contribution in [0.4, 0.5) is 0 Å². The van der Waals surface area contributed by atoms with Crippen molar-refractivity contribution in [1.29, 1.82) is 0 Å². The molecule has 0 bridgehead atoms. The van der Waals surface area contributed by atoms with Gasteiger partial charge in [0, 0.05) is 11.6 Å². The number of carbonyl (C=O) groups excluding carboxylic acids is 1. The summed E-state index contributed by atoms with van der Waals surface area (Å²) in [6.07, 6.45) is 5.54. The van der Waals surface area contributed by atoms with Crippen molar-refractivity contribution in [2.45, 2.75) is 56.9 Å². The van der Waals surface area contributed by atoms with E-state index in [0.29, 0.717) is 5.56 Å². The molecule has 1 unspecified atom stereocenters. The molecule has 0 heterocycles. The predicted molar refractivity (Wildman–Crippen MR) is 83.5 cm³/mol. The molecule has 1 amide bonds. The molecule has 0 saturated heterocycles. The van der Waals surface area contributed by atoms with E-state index in [1.165, 1.54) is 31.0 Å². The summed E-state index contributed by atoms with van der Waals surface area (Å²) in [5.41, 5.74) is 0.307. The number of rotatable bonds is 8. The third-order valence-electron chi connectivity index (χ3n) is 3.29. The molecule has 0 fully saturated rings. The lowest BCUT2D eigenvalue weighted by Crippen LogP contribution is -2.32. The first-order valence-corrected chi connectivity index (χ1v) is 8.83. The Morgan fingerprint density at radius 2 is 2.00 bits per heavy atom. The summed E-state index contributed by atoms with van der Waals surface area (Å²) < 4.78 is 22.6. The first kappa shape index (κ1) is 17.7. The van der Waals surface area contributed by atoms with E-state index in [9.17, 15) is 13.2 Å². The van der Waals surface area contributed by atoms with E-state index in [1.54, 1.807) is 6.07 Å². The number of amides is 1. The summed E-state index contributed by atoms with van der Waals surface area (Å²) in [7, 11) is -3.79. The van der Waals surface area contributed by atoms with E-state index in [0.717, 1.165) is 19.3 Å². The van der Waals surface area contributed by atoms with E-state index in [1.807, 2.05) is 6.92 Å². The summed E-state index contributed by atoms with van der Waals surface area (Å²) >= 11 is 0. The molecule has 1 atom stereocenters. The van der Waals surface area contributed by atoms with Gasteiger partial charge in [0.05, 0.1) is 4.90 Å². The Labute approximate surface area is 127 Å². The van der Waals surface area contributed by atoms with Gasteiger partial charge in [0.2, 0.25) is 10.0 Å². The molecule has 3 N–H and O–H groups in total. The second kappa shape index (κ2) is 8.14. The van der Waals surface area contributed by atoms with Gasteiger partial charge < -0.3 is 5.32 Å². The van der Waals surface area contributed by atoms with Crippen LogP contribution in [0.15, 0.2) is 29.2 Å². The third-order valence-corrected chi connectivity index (χ3v) is 4.20. The molecular formula is C15H24N2O3S.